The highest BCUT2D eigenvalue weighted by Crippen LogP contribution is 2.34. The van der Waals surface area contributed by atoms with Crippen molar-refractivity contribution < 1.29 is 0 Å². The van der Waals surface area contributed by atoms with Gasteiger partial charge in [0.15, 0.2) is 0 Å². The van der Waals surface area contributed by atoms with Crippen molar-refractivity contribution >= 4 is 31.2 Å². The van der Waals surface area contributed by atoms with Crippen LogP contribution in [0, 0.1) is 0 Å². The van der Waals surface area contributed by atoms with E-state index in [1.54, 1.807) is 0 Å². The van der Waals surface area contributed by atoms with Crippen LogP contribution in [0.3, 0.4) is 0 Å². The molecule has 0 saturated heterocycles. The van der Waals surface area contributed by atoms with Gasteiger partial charge in [0.2, 0.25) is 0 Å². The number of rotatable bonds is 12. The second-order valence-electron chi connectivity index (χ2n) is 14.8. The molecule has 1 atom stereocenters. The molecule has 2 heteroatoms. The third-order valence-corrected chi connectivity index (χ3v) is 11.6. The van der Waals surface area contributed by atoms with Crippen LogP contribution < -0.4 is 5.32 Å². The summed E-state index contributed by atoms with van der Waals surface area (Å²) in [6.07, 6.45) is 17.9. The molecular weight excluding hydrogens is 730 g/mol. The van der Waals surface area contributed by atoms with E-state index in [0.717, 1.165) is 37.1 Å². The summed E-state index contributed by atoms with van der Waals surface area (Å²) in [5.74, 6) is 2.75. The Morgan fingerprint density at radius 3 is 1.95 bits per heavy atom. The van der Waals surface area contributed by atoms with E-state index in [1.807, 2.05) is 6.07 Å². The molecule has 1 aliphatic rings. The summed E-state index contributed by atoms with van der Waals surface area (Å²) >= 11 is 0. The van der Waals surface area contributed by atoms with E-state index in [1.165, 1.54) is 76.4 Å². The van der Waals surface area contributed by atoms with Crippen LogP contribution in [0.2, 0.25) is 0 Å². The van der Waals surface area contributed by atoms with E-state index < -0.39 is 0 Å². The van der Waals surface area contributed by atoms with Gasteiger partial charge in [-0.15, -0.1) is 0 Å². The SMILES string of the molecule is C1=CCc2ccccc2C=C1.CCC/C(=C\C(CCC)c1ccccp1)c1ccc(-c2cccc(Nc3ccc(-c4ccccc4)cc3)c2)cc1.CCc1ccccc1. The molecule has 296 valence electrons. The molecule has 59 heavy (non-hydrogen) atoms. The van der Waals surface area contributed by atoms with Crippen molar-refractivity contribution in [3.8, 4) is 22.3 Å². The third kappa shape index (κ3) is 13.3. The van der Waals surface area contributed by atoms with E-state index >= 15 is 0 Å². The monoisotopic (exact) mass is 787 g/mol. The second kappa shape index (κ2) is 23.4. The van der Waals surface area contributed by atoms with Gasteiger partial charge in [-0.3, -0.25) is 0 Å². The minimum atomic E-state index is 0.499. The van der Waals surface area contributed by atoms with Crippen LogP contribution in [0.25, 0.3) is 33.9 Å². The first-order valence-electron chi connectivity index (χ1n) is 21.3. The topological polar surface area (TPSA) is 12.0 Å². The summed E-state index contributed by atoms with van der Waals surface area (Å²) in [6, 6.07) is 62.6. The predicted molar refractivity (Wildman–Crippen MR) is 261 cm³/mol. The number of aryl methyl sites for hydroxylation is 1. The van der Waals surface area contributed by atoms with Gasteiger partial charge >= 0.3 is 0 Å². The van der Waals surface area contributed by atoms with Crippen molar-refractivity contribution in [2.24, 2.45) is 0 Å². The van der Waals surface area contributed by atoms with Crippen LogP contribution in [0.15, 0.2) is 206 Å². The van der Waals surface area contributed by atoms with Gasteiger partial charge in [0.1, 0.15) is 0 Å². The van der Waals surface area contributed by atoms with Gasteiger partial charge in [-0.25, -0.2) is 0 Å². The molecule has 0 fully saturated rings. The minimum absolute atomic E-state index is 0.499. The molecule has 0 bridgehead atoms. The fourth-order valence-electron chi connectivity index (χ4n) is 7.28. The Morgan fingerprint density at radius 1 is 0.593 bits per heavy atom. The first-order chi connectivity index (χ1) is 29.1. The van der Waals surface area contributed by atoms with Crippen molar-refractivity contribution in [2.45, 2.75) is 65.2 Å². The van der Waals surface area contributed by atoms with E-state index in [-0.39, 0.29) is 0 Å². The lowest BCUT2D eigenvalue weighted by Gasteiger charge is -2.16. The van der Waals surface area contributed by atoms with E-state index in [2.05, 4.69) is 232 Å². The number of anilines is 2. The van der Waals surface area contributed by atoms with Crippen LogP contribution in [-0.4, -0.2) is 0 Å². The van der Waals surface area contributed by atoms with Crippen LogP contribution in [0.4, 0.5) is 11.4 Å². The van der Waals surface area contributed by atoms with Crippen LogP contribution in [0.1, 0.15) is 79.9 Å². The molecule has 1 aliphatic carbocycles. The Bertz CT molecular complexity index is 2360. The fraction of sp³-hybridized carbons (Fsp3) is 0.175. The van der Waals surface area contributed by atoms with Gasteiger partial charge in [0.25, 0.3) is 0 Å². The average molecular weight is 788 g/mol. The van der Waals surface area contributed by atoms with Gasteiger partial charge in [-0.2, -0.15) is 0 Å². The maximum atomic E-state index is 3.58. The zero-order valence-corrected chi connectivity index (χ0v) is 35.9. The summed E-state index contributed by atoms with van der Waals surface area (Å²) in [7, 11) is 1.33. The third-order valence-electron chi connectivity index (χ3n) is 10.5. The summed E-state index contributed by atoms with van der Waals surface area (Å²) in [6.45, 7) is 6.73. The van der Waals surface area contributed by atoms with Crippen molar-refractivity contribution in [3.05, 3.63) is 234 Å². The molecule has 1 aromatic heterocycles. The number of allylic oxidation sites excluding steroid dienone is 5. The van der Waals surface area contributed by atoms with Gasteiger partial charge in [0.05, 0.1) is 0 Å². The quantitative estimate of drug-likeness (QED) is 0.130. The predicted octanol–water partition coefficient (Wildman–Crippen LogP) is 17.2. The highest BCUT2D eigenvalue weighted by atomic mass is 31.0. The Hall–Kier alpha value is -6.01. The molecule has 1 heterocycles. The molecule has 6 aromatic carbocycles. The molecule has 0 spiro atoms. The largest absolute Gasteiger partial charge is 0.356 e. The molecule has 1 unspecified atom stereocenters. The lowest BCUT2D eigenvalue weighted by Crippen LogP contribution is -1.96. The standard InChI is InChI=1S/C38H38NP.C11H10.C8H10/c1-3-11-33(27-35(12-4-2)38-17-8-9-26-40-38)31-18-20-32(21-19-31)34-15-10-16-37(28-34)39-36-24-22-30(23-25-36)29-13-6-5-7-14-29;1-2-6-10-8-4-5-9-11(10)7-3-1;1-2-8-6-4-3-5-7-8/h5-10,13-28,35,39H,3-4,11-12H2,1-2H3;1-6,8-9H,7H2;3-7H,2H2,1H3/b33-27+;;. The van der Waals surface area contributed by atoms with Crippen molar-refractivity contribution in [3.63, 3.8) is 0 Å². The lowest BCUT2D eigenvalue weighted by atomic mass is 9.92. The maximum Gasteiger partial charge on any atom is 0.0390 e. The van der Waals surface area contributed by atoms with E-state index in [9.17, 15) is 0 Å². The molecule has 0 aliphatic heterocycles. The van der Waals surface area contributed by atoms with Gasteiger partial charge in [-0.05, 0) is 111 Å². The molecule has 1 nitrogen and oxygen atoms in total. The highest BCUT2D eigenvalue weighted by Gasteiger charge is 2.12. The Balaban J connectivity index is 0.000000249. The molecule has 7 aromatic rings. The Labute approximate surface area is 356 Å². The number of benzene rings is 6. The number of fused-ring (bicyclic) bond motifs is 1. The summed E-state index contributed by atoms with van der Waals surface area (Å²) in [5.41, 5.74) is 14.1. The zero-order chi connectivity index (χ0) is 40.9. The van der Waals surface area contributed by atoms with Gasteiger partial charge in [-0.1, -0.05) is 224 Å². The first kappa shape index (κ1) is 42.6. The normalized spacial score (nSPS) is 12.3. The summed E-state index contributed by atoms with van der Waals surface area (Å²) < 4.78 is 0. The first-order valence-corrected chi connectivity index (χ1v) is 22.3. The van der Waals surface area contributed by atoms with Gasteiger partial charge in [0, 0.05) is 17.3 Å². The van der Waals surface area contributed by atoms with Crippen LogP contribution in [0.5, 0.6) is 0 Å². The lowest BCUT2D eigenvalue weighted by molar-refractivity contribution is 0.725. The molecule has 0 saturated carbocycles. The summed E-state index contributed by atoms with van der Waals surface area (Å²) in [4.78, 5) is 0. The number of hydrogen-bond donors (Lipinski definition) is 1. The minimum Gasteiger partial charge on any atom is -0.356 e. The molecule has 0 amide bonds. The van der Waals surface area contributed by atoms with E-state index in [4.69, 9.17) is 0 Å². The molecule has 0 radical (unpaired) electrons. The average Bonchev–Trinajstić information content (AvgIpc) is 3.56. The molecule has 1 N–H and O–H groups in total. The van der Waals surface area contributed by atoms with Gasteiger partial charge < -0.3 is 5.32 Å². The zero-order valence-electron chi connectivity index (χ0n) is 35.0. The molecular formula is C57H58NP. The fourth-order valence-corrected chi connectivity index (χ4v) is 8.21. The van der Waals surface area contributed by atoms with Crippen molar-refractivity contribution in [1.29, 1.82) is 0 Å². The molecule has 8 rings (SSSR count). The van der Waals surface area contributed by atoms with E-state index in [0.29, 0.717) is 5.92 Å². The Kier molecular flexibility index (Phi) is 16.9. The second-order valence-corrected chi connectivity index (χ2v) is 15.9. The van der Waals surface area contributed by atoms with Crippen LogP contribution >= 0.6 is 8.19 Å². The number of nitrogens with one attached hydrogen (secondary N) is 1. The maximum absolute atomic E-state index is 3.58. The van der Waals surface area contributed by atoms with Crippen LogP contribution in [-0.2, 0) is 12.8 Å². The summed E-state index contributed by atoms with van der Waals surface area (Å²) in [5, 5.41) is 5.09. The highest BCUT2D eigenvalue weighted by molar-refractivity contribution is 7.30. The van der Waals surface area contributed by atoms with Crippen molar-refractivity contribution in [2.75, 3.05) is 5.32 Å². The number of hydrogen-bond acceptors (Lipinski definition) is 1. The van der Waals surface area contributed by atoms with Crippen molar-refractivity contribution in [1.82, 2.24) is 0 Å². The smallest absolute Gasteiger partial charge is 0.0390 e. The Morgan fingerprint density at radius 2 is 1.25 bits per heavy atom.